The number of ether oxygens (including phenoxy) is 1. The van der Waals surface area contributed by atoms with Crippen molar-refractivity contribution >= 4 is 5.91 Å². The first-order valence-electron chi connectivity index (χ1n) is 8.05. The molecule has 0 aliphatic carbocycles. The summed E-state index contributed by atoms with van der Waals surface area (Å²) in [6, 6.07) is 5.93. The Morgan fingerprint density at radius 3 is 2.68 bits per heavy atom. The standard InChI is InChI=1S/C17H20F2N4O2/c1-21-11-13(10-20-21)12-22-5-7-23(8-6-22)16(24)14-3-2-4-15(9-14)25-17(18)19/h2-4,9-11,17H,5-8,12H2,1H3. The molecule has 134 valence electrons. The smallest absolute Gasteiger partial charge is 0.387 e. The number of hydrogen-bond donors (Lipinski definition) is 0. The first-order chi connectivity index (χ1) is 12.0. The zero-order valence-corrected chi connectivity index (χ0v) is 13.9. The Bertz CT molecular complexity index is 727. The second-order valence-corrected chi connectivity index (χ2v) is 6.00. The molecule has 8 heteroatoms. The van der Waals surface area contributed by atoms with Crippen LogP contribution in [0.15, 0.2) is 36.7 Å². The van der Waals surface area contributed by atoms with E-state index in [1.165, 1.54) is 12.1 Å². The highest BCUT2D eigenvalue weighted by Gasteiger charge is 2.22. The van der Waals surface area contributed by atoms with Gasteiger partial charge in [0.1, 0.15) is 5.75 Å². The van der Waals surface area contributed by atoms with E-state index >= 15 is 0 Å². The maximum absolute atomic E-state index is 12.6. The molecule has 0 bridgehead atoms. The largest absolute Gasteiger partial charge is 0.435 e. The summed E-state index contributed by atoms with van der Waals surface area (Å²) in [5.74, 6) is -0.170. The van der Waals surface area contributed by atoms with E-state index in [0.717, 1.165) is 25.2 Å². The molecule has 1 amide bonds. The highest BCUT2D eigenvalue weighted by atomic mass is 19.3. The van der Waals surface area contributed by atoms with E-state index in [1.807, 2.05) is 19.4 Å². The Balaban J connectivity index is 1.56. The lowest BCUT2D eigenvalue weighted by Gasteiger charge is -2.34. The molecule has 1 fully saturated rings. The van der Waals surface area contributed by atoms with Crippen LogP contribution in [0.5, 0.6) is 5.75 Å². The summed E-state index contributed by atoms with van der Waals surface area (Å²) in [7, 11) is 1.88. The van der Waals surface area contributed by atoms with Crippen LogP contribution < -0.4 is 4.74 Å². The van der Waals surface area contributed by atoms with Gasteiger partial charge in [-0.25, -0.2) is 0 Å². The molecule has 1 aromatic carbocycles. The zero-order chi connectivity index (χ0) is 17.8. The van der Waals surface area contributed by atoms with Crippen molar-refractivity contribution in [3.8, 4) is 5.75 Å². The van der Waals surface area contributed by atoms with Crippen molar-refractivity contribution < 1.29 is 18.3 Å². The van der Waals surface area contributed by atoms with E-state index in [2.05, 4.69) is 14.7 Å². The topological polar surface area (TPSA) is 50.6 Å². The van der Waals surface area contributed by atoms with Gasteiger partial charge in [0.05, 0.1) is 6.20 Å². The highest BCUT2D eigenvalue weighted by Crippen LogP contribution is 2.18. The fraction of sp³-hybridized carbons (Fsp3) is 0.412. The van der Waals surface area contributed by atoms with Crippen LogP contribution in [0.2, 0.25) is 0 Å². The van der Waals surface area contributed by atoms with Crippen LogP contribution in [-0.2, 0) is 13.6 Å². The van der Waals surface area contributed by atoms with Crippen LogP contribution in [0.3, 0.4) is 0 Å². The van der Waals surface area contributed by atoms with Crippen LogP contribution in [-0.4, -0.2) is 58.3 Å². The SMILES string of the molecule is Cn1cc(CN2CCN(C(=O)c3cccc(OC(F)F)c3)CC2)cn1. The second-order valence-electron chi connectivity index (χ2n) is 6.00. The van der Waals surface area contributed by atoms with Crippen LogP contribution in [0.4, 0.5) is 8.78 Å². The molecule has 1 saturated heterocycles. The van der Waals surface area contributed by atoms with Crippen LogP contribution in [0.25, 0.3) is 0 Å². The molecule has 25 heavy (non-hydrogen) atoms. The van der Waals surface area contributed by atoms with E-state index in [9.17, 15) is 13.6 Å². The lowest BCUT2D eigenvalue weighted by molar-refractivity contribution is -0.0499. The Labute approximate surface area is 144 Å². The summed E-state index contributed by atoms with van der Waals surface area (Å²) < 4.78 is 30.7. The number of carbonyl (C=O) groups is 1. The average Bonchev–Trinajstić information content (AvgIpc) is 2.99. The van der Waals surface area contributed by atoms with Gasteiger partial charge >= 0.3 is 6.61 Å². The summed E-state index contributed by atoms with van der Waals surface area (Å²) in [6.45, 7) is 0.606. The van der Waals surface area contributed by atoms with Gasteiger partial charge in [0.25, 0.3) is 5.91 Å². The second kappa shape index (κ2) is 7.60. The number of benzene rings is 1. The molecule has 0 spiro atoms. The third-order valence-corrected chi connectivity index (χ3v) is 4.13. The number of piperazine rings is 1. The van der Waals surface area contributed by atoms with Gasteiger partial charge < -0.3 is 9.64 Å². The molecule has 0 radical (unpaired) electrons. The summed E-state index contributed by atoms with van der Waals surface area (Å²) in [5.41, 5.74) is 1.50. The predicted molar refractivity (Wildman–Crippen MR) is 87.5 cm³/mol. The molecule has 0 unspecified atom stereocenters. The van der Waals surface area contributed by atoms with Crippen molar-refractivity contribution in [2.45, 2.75) is 13.2 Å². The molecule has 0 atom stereocenters. The number of hydrogen-bond acceptors (Lipinski definition) is 4. The van der Waals surface area contributed by atoms with Gasteiger partial charge in [0, 0.05) is 57.1 Å². The number of rotatable bonds is 5. The molecule has 0 saturated carbocycles. The first-order valence-corrected chi connectivity index (χ1v) is 8.05. The summed E-state index contributed by atoms with van der Waals surface area (Å²) in [6.07, 6.45) is 3.82. The van der Waals surface area contributed by atoms with Crippen molar-refractivity contribution in [1.29, 1.82) is 0 Å². The quantitative estimate of drug-likeness (QED) is 0.827. The van der Waals surface area contributed by atoms with Crippen molar-refractivity contribution in [2.75, 3.05) is 26.2 Å². The Morgan fingerprint density at radius 1 is 1.28 bits per heavy atom. The van der Waals surface area contributed by atoms with E-state index in [4.69, 9.17) is 0 Å². The lowest BCUT2D eigenvalue weighted by Crippen LogP contribution is -2.48. The van der Waals surface area contributed by atoms with Gasteiger partial charge in [-0.05, 0) is 18.2 Å². The van der Waals surface area contributed by atoms with Crippen LogP contribution in [0.1, 0.15) is 15.9 Å². The van der Waals surface area contributed by atoms with E-state index in [0.29, 0.717) is 18.7 Å². The molecule has 3 rings (SSSR count). The third kappa shape index (κ3) is 4.54. The number of nitrogens with zero attached hydrogens (tertiary/aromatic N) is 4. The molecule has 0 N–H and O–H groups in total. The van der Waals surface area contributed by atoms with E-state index in [1.54, 1.807) is 21.7 Å². The van der Waals surface area contributed by atoms with Crippen molar-refractivity contribution in [3.05, 3.63) is 47.8 Å². The van der Waals surface area contributed by atoms with Crippen molar-refractivity contribution in [1.82, 2.24) is 19.6 Å². The molecule has 2 aromatic rings. The number of amides is 1. The summed E-state index contributed by atoms with van der Waals surface area (Å²) in [4.78, 5) is 16.6. The number of aromatic nitrogens is 2. The lowest BCUT2D eigenvalue weighted by atomic mass is 10.1. The number of carbonyl (C=O) groups excluding carboxylic acids is 1. The Kier molecular flexibility index (Phi) is 5.28. The minimum atomic E-state index is -2.90. The molecule has 2 heterocycles. The fourth-order valence-electron chi connectivity index (χ4n) is 2.91. The molecule has 1 aliphatic heterocycles. The summed E-state index contributed by atoms with van der Waals surface area (Å²) >= 11 is 0. The van der Waals surface area contributed by atoms with E-state index in [-0.39, 0.29) is 11.7 Å². The monoisotopic (exact) mass is 350 g/mol. The van der Waals surface area contributed by atoms with Gasteiger partial charge in [-0.1, -0.05) is 6.07 Å². The van der Waals surface area contributed by atoms with E-state index < -0.39 is 6.61 Å². The van der Waals surface area contributed by atoms with Crippen molar-refractivity contribution in [2.24, 2.45) is 7.05 Å². The van der Waals surface area contributed by atoms with Crippen LogP contribution in [0, 0.1) is 0 Å². The molecule has 6 nitrogen and oxygen atoms in total. The normalized spacial score (nSPS) is 15.6. The average molecular weight is 350 g/mol. The number of halogens is 2. The highest BCUT2D eigenvalue weighted by molar-refractivity contribution is 5.94. The van der Waals surface area contributed by atoms with Gasteiger partial charge in [0.15, 0.2) is 0 Å². The van der Waals surface area contributed by atoms with Crippen molar-refractivity contribution in [3.63, 3.8) is 0 Å². The molecule has 1 aromatic heterocycles. The number of aryl methyl sites for hydroxylation is 1. The minimum absolute atomic E-state index is 0.00364. The minimum Gasteiger partial charge on any atom is -0.435 e. The maximum Gasteiger partial charge on any atom is 0.387 e. The Hall–Kier alpha value is -2.48. The predicted octanol–water partition coefficient (Wildman–Crippen LogP) is 1.98. The third-order valence-electron chi connectivity index (χ3n) is 4.13. The Morgan fingerprint density at radius 2 is 2.04 bits per heavy atom. The summed E-state index contributed by atoms with van der Waals surface area (Å²) in [5, 5.41) is 4.15. The zero-order valence-electron chi connectivity index (χ0n) is 13.9. The maximum atomic E-state index is 12.6. The van der Waals surface area contributed by atoms with Crippen LogP contribution >= 0.6 is 0 Å². The van der Waals surface area contributed by atoms with Gasteiger partial charge in [-0.2, -0.15) is 13.9 Å². The molecule has 1 aliphatic rings. The fourth-order valence-corrected chi connectivity index (χ4v) is 2.91. The molecular formula is C17H20F2N4O2. The van der Waals surface area contributed by atoms with Gasteiger partial charge in [-0.3, -0.25) is 14.4 Å². The number of alkyl halides is 2. The molecular weight excluding hydrogens is 330 g/mol. The van der Waals surface area contributed by atoms with Gasteiger partial charge in [0.2, 0.25) is 0 Å². The first kappa shape index (κ1) is 17.3. The van der Waals surface area contributed by atoms with Gasteiger partial charge in [-0.15, -0.1) is 0 Å².